The molecule has 2 aliphatic rings. The van der Waals surface area contributed by atoms with Crippen molar-refractivity contribution in [3.63, 3.8) is 0 Å². The zero-order valence-corrected chi connectivity index (χ0v) is 9.37. The van der Waals surface area contributed by atoms with Crippen molar-refractivity contribution in [3.05, 3.63) is 24.8 Å². The average Bonchev–Trinajstić information content (AvgIpc) is 2.32. The first-order valence-electron chi connectivity index (χ1n) is 5.14. The average molecular weight is 206 g/mol. The van der Waals surface area contributed by atoms with Crippen LogP contribution in [-0.2, 0) is 0 Å². The van der Waals surface area contributed by atoms with E-state index in [0.717, 1.165) is 19.6 Å². The zero-order valence-electron chi connectivity index (χ0n) is 9.37. The molecule has 0 bridgehead atoms. The molecule has 2 heterocycles. The number of hydrogen-bond acceptors (Lipinski definition) is 4. The molecule has 0 aliphatic carbocycles. The van der Waals surface area contributed by atoms with Crippen LogP contribution in [0.25, 0.3) is 0 Å². The lowest BCUT2D eigenvalue weighted by Crippen LogP contribution is -2.20. The molecule has 4 heteroatoms. The van der Waals surface area contributed by atoms with Gasteiger partial charge in [0.1, 0.15) is 0 Å². The molecule has 2 rings (SSSR count). The number of nitrogens with zero attached hydrogens (tertiary/aromatic N) is 4. The van der Waals surface area contributed by atoms with Gasteiger partial charge >= 0.3 is 0 Å². The first-order valence-corrected chi connectivity index (χ1v) is 5.14. The van der Waals surface area contributed by atoms with Crippen molar-refractivity contribution in [3.8, 4) is 0 Å². The van der Waals surface area contributed by atoms with Gasteiger partial charge in [0.15, 0.2) is 0 Å². The Kier molecular flexibility index (Phi) is 5.22. The Bertz CT molecular complexity index is 278. The Labute approximate surface area is 91.3 Å². The molecular weight excluding hydrogens is 188 g/mol. The SMILES string of the molecule is CCN1C=CN=CC1.CN1C=CN=CC1. The van der Waals surface area contributed by atoms with Crippen LogP contribution in [0.2, 0.25) is 0 Å². The Morgan fingerprint density at radius 3 is 2.00 bits per heavy atom. The summed E-state index contributed by atoms with van der Waals surface area (Å²) in [6.45, 7) is 5.11. The summed E-state index contributed by atoms with van der Waals surface area (Å²) in [4.78, 5) is 12.1. The van der Waals surface area contributed by atoms with Crippen LogP contribution in [0, 0.1) is 0 Å². The van der Waals surface area contributed by atoms with E-state index in [4.69, 9.17) is 0 Å². The summed E-state index contributed by atoms with van der Waals surface area (Å²) in [5.74, 6) is 0. The summed E-state index contributed by atoms with van der Waals surface area (Å²) >= 11 is 0. The van der Waals surface area contributed by atoms with Gasteiger partial charge in [-0.25, -0.2) is 0 Å². The Balaban J connectivity index is 0.000000151. The Morgan fingerprint density at radius 1 is 1.07 bits per heavy atom. The fourth-order valence-corrected chi connectivity index (χ4v) is 1.09. The summed E-state index contributed by atoms with van der Waals surface area (Å²) in [5, 5.41) is 0. The second kappa shape index (κ2) is 6.81. The molecular formula is C11H18N4. The van der Waals surface area contributed by atoms with Crippen molar-refractivity contribution in [1.82, 2.24) is 9.80 Å². The first-order chi connectivity index (χ1) is 7.33. The third kappa shape index (κ3) is 5.00. The van der Waals surface area contributed by atoms with Crippen molar-refractivity contribution in [1.29, 1.82) is 0 Å². The Hall–Kier alpha value is -1.58. The molecule has 2 aliphatic heterocycles. The van der Waals surface area contributed by atoms with E-state index in [-0.39, 0.29) is 0 Å². The molecule has 0 saturated carbocycles. The lowest BCUT2D eigenvalue weighted by Gasteiger charge is -2.16. The summed E-state index contributed by atoms with van der Waals surface area (Å²) in [5.41, 5.74) is 0. The zero-order chi connectivity index (χ0) is 10.9. The van der Waals surface area contributed by atoms with Crippen molar-refractivity contribution in [2.75, 3.05) is 26.7 Å². The van der Waals surface area contributed by atoms with Crippen molar-refractivity contribution in [2.24, 2.45) is 9.98 Å². The molecule has 0 aromatic carbocycles. The summed E-state index contributed by atoms with van der Waals surface area (Å²) in [7, 11) is 2.02. The highest BCUT2D eigenvalue weighted by molar-refractivity contribution is 5.62. The monoisotopic (exact) mass is 206 g/mol. The highest BCUT2D eigenvalue weighted by atomic mass is 15.1. The molecule has 82 valence electrons. The van der Waals surface area contributed by atoms with Crippen LogP contribution in [0.5, 0.6) is 0 Å². The molecule has 0 N–H and O–H groups in total. The molecule has 0 aromatic heterocycles. The molecule has 0 saturated heterocycles. The van der Waals surface area contributed by atoms with Gasteiger partial charge in [-0.15, -0.1) is 0 Å². The van der Waals surface area contributed by atoms with Crippen LogP contribution < -0.4 is 0 Å². The molecule has 15 heavy (non-hydrogen) atoms. The Morgan fingerprint density at radius 2 is 1.73 bits per heavy atom. The molecule has 0 radical (unpaired) electrons. The fraction of sp³-hybridized carbons (Fsp3) is 0.455. The topological polar surface area (TPSA) is 31.2 Å². The van der Waals surface area contributed by atoms with Crippen LogP contribution in [0.4, 0.5) is 0 Å². The minimum Gasteiger partial charge on any atom is -0.374 e. The molecule has 0 aromatic rings. The van der Waals surface area contributed by atoms with Crippen LogP contribution in [0.1, 0.15) is 6.92 Å². The molecule has 0 amide bonds. The van der Waals surface area contributed by atoms with Crippen molar-refractivity contribution in [2.45, 2.75) is 6.92 Å². The van der Waals surface area contributed by atoms with E-state index in [9.17, 15) is 0 Å². The van der Waals surface area contributed by atoms with E-state index >= 15 is 0 Å². The summed E-state index contributed by atoms with van der Waals surface area (Å²) < 4.78 is 0. The molecule has 0 spiro atoms. The highest BCUT2D eigenvalue weighted by Crippen LogP contribution is 1.91. The summed E-state index contributed by atoms with van der Waals surface area (Å²) in [6.07, 6.45) is 11.3. The normalized spacial score (nSPS) is 17.7. The van der Waals surface area contributed by atoms with Gasteiger partial charge in [0.25, 0.3) is 0 Å². The van der Waals surface area contributed by atoms with E-state index in [2.05, 4.69) is 26.7 Å². The fourth-order valence-electron chi connectivity index (χ4n) is 1.09. The molecule has 0 atom stereocenters. The van der Waals surface area contributed by atoms with Gasteiger partial charge in [-0.1, -0.05) is 0 Å². The maximum absolute atomic E-state index is 3.93. The lowest BCUT2D eigenvalue weighted by molar-refractivity contribution is 0.450. The van der Waals surface area contributed by atoms with Gasteiger partial charge in [-0.2, -0.15) is 0 Å². The van der Waals surface area contributed by atoms with Crippen LogP contribution >= 0.6 is 0 Å². The van der Waals surface area contributed by atoms with E-state index in [1.165, 1.54) is 0 Å². The predicted molar refractivity (Wildman–Crippen MR) is 65.1 cm³/mol. The highest BCUT2D eigenvalue weighted by Gasteiger charge is 1.92. The van der Waals surface area contributed by atoms with E-state index < -0.39 is 0 Å². The van der Waals surface area contributed by atoms with Gasteiger partial charge < -0.3 is 9.80 Å². The van der Waals surface area contributed by atoms with Crippen LogP contribution in [0.3, 0.4) is 0 Å². The minimum absolute atomic E-state index is 0.941. The maximum atomic E-state index is 3.93. The third-order valence-corrected chi connectivity index (χ3v) is 2.07. The van der Waals surface area contributed by atoms with Crippen molar-refractivity contribution < 1.29 is 0 Å². The maximum Gasteiger partial charge on any atom is 0.0527 e. The first kappa shape index (κ1) is 11.5. The van der Waals surface area contributed by atoms with E-state index in [1.807, 2.05) is 38.1 Å². The largest absolute Gasteiger partial charge is 0.374 e. The summed E-state index contributed by atoms with van der Waals surface area (Å²) in [6, 6.07) is 0. The van der Waals surface area contributed by atoms with Crippen LogP contribution in [-0.4, -0.2) is 48.9 Å². The van der Waals surface area contributed by atoms with Gasteiger partial charge in [0.2, 0.25) is 0 Å². The van der Waals surface area contributed by atoms with E-state index in [1.54, 1.807) is 6.20 Å². The minimum atomic E-state index is 0.941. The lowest BCUT2D eigenvalue weighted by atomic mass is 10.5. The van der Waals surface area contributed by atoms with Gasteiger partial charge in [0, 0.05) is 50.8 Å². The number of aliphatic imine (C=N–C) groups is 2. The van der Waals surface area contributed by atoms with Gasteiger partial charge in [-0.05, 0) is 6.92 Å². The van der Waals surface area contributed by atoms with Gasteiger partial charge in [-0.3, -0.25) is 9.98 Å². The molecule has 0 fully saturated rings. The smallest absolute Gasteiger partial charge is 0.0527 e. The predicted octanol–water partition coefficient (Wildman–Crippen LogP) is 1.34. The van der Waals surface area contributed by atoms with Gasteiger partial charge in [0.05, 0.1) is 13.1 Å². The molecule has 0 unspecified atom stereocenters. The second-order valence-corrected chi connectivity index (χ2v) is 3.29. The quantitative estimate of drug-likeness (QED) is 0.648. The van der Waals surface area contributed by atoms with Crippen LogP contribution in [0.15, 0.2) is 34.8 Å². The standard InChI is InChI=1S/C6H10N2.C5H8N2/c1-2-8-5-3-7-4-6-8;1-7-4-2-6-3-5-7/h3-5H,2,6H2,1H3;2-4H,5H2,1H3. The van der Waals surface area contributed by atoms with E-state index in [0.29, 0.717) is 0 Å². The molecule has 4 nitrogen and oxygen atoms in total. The number of rotatable bonds is 1. The third-order valence-electron chi connectivity index (χ3n) is 2.07. The van der Waals surface area contributed by atoms with Crippen molar-refractivity contribution >= 4 is 12.4 Å². The second-order valence-electron chi connectivity index (χ2n) is 3.29. The number of hydrogen-bond donors (Lipinski definition) is 0.